The highest BCUT2D eigenvalue weighted by Gasteiger charge is 2.19. The van der Waals surface area contributed by atoms with E-state index in [2.05, 4.69) is 0 Å². The number of benzene rings is 1. The molecular weight excluding hydrogens is 174 g/mol. The van der Waals surface area contributed by atoms with E-state index in [0.717, 1.165) is 25.3 Å². The molecule has 1 aromatic rings. The molecule has 3 heteroatoms. The zero-order chi connectivity index (χ0) is 9.26. The van der Waals surface area contributed by atoms with Gasteiger partial charge in [0.1, 0.15) is 17.4 Å². The lowest BCUT2D eigenvalue weighted by molar-refractivity contribution is 0.119. The maximum atomic E-state index is 12.7. The van der Waals surface area contributed by atoms with E-state index in [9.17, 15) is 8.78 Å². The molecule has 0 amide bonds. The molecule has 0 heterocycles. The van der Waals surface area contributed by atoms with E-state index in [4.69, 9.17) is 4.74 Å². The summed E-state index contributed by atoms with van der Waals surface area (Å²) in [5.41, 5.74) is 0. The largest absolute Gasteiger partial charge is 0.490 e. The van der Waals surface area contributed by atoms with Gasteiger partial charge in [-0.2, -0.15) is 0 Å². The van der Waals surface area contributed by atoms with Crippen molar-refractivity contribution < 1.29 is 13.5 Å². The predicted molar refractivity (Wildman–Crippen MR) is 44.6 cm³/mol. The minimum Gasteiger partial charge on any atom is -0.490 e. The summed E-state index contributed by atoms with van der Waals surface area (Å²) in [6.07, 6.45) is 3.26. The fraction of sp³-hybridized carbons (Fsp3) is 0.400. The Bertz CT molecular complexity index is 288. The molecule has 0 bridgehead atoms. The molecular formula is C10H10F2O. The third-order valence-corrected chi connectivity index (χ3v) is 2.19. The van der Waals surface area contributed by atoms with Crippen molar-refractivity contribution in [1.29, 1.82) is 0 Å². The molecule has 1 fully saturated rings. The molecule has 0 spiro atoms. The summed E-state index contributed by atoms with van der Waals surface area (Å²) in [5.74, 6) is -0.883. The molecule has 0 saturated heterocycles. The van der Waals surface area contributed by atoms with Crippen LogP contribution in [0.1, 0.15) is 19.3 Å². The van der Waals surface area contributed by atoms with E-state index in [0.29, 0.717) is 5.75 Å². The van der Waals surface area contributed by atoms with E-state index < -0.39 is 11.6 Å². The van der Waals surface area contributed by atoms with Gasteiger partial charge in [-0.05, 0) is 19.3 Å². The van der Waals surface area contributed by atoms with Crippen LogP contribution in [0.15, 0.2) is 18.2 Å². The van der Waals surface area contributed by atoms with Gasteiger partial charge >= 0.3 is 0 Å². The van der Waals surface area contributed by atoms with Crippen LogP contribution in [-0.4, -0.2) is 6.10 Å². The fourth-order valence-corrected chi connectivity index (χ4v) is 1.28. The van der Waals surface area contributed by atoms with E-state index in [1.807, 2.05) is 0 Å². The lowest BCUT2D eigenvalue weighted by atomic mass is 9.96. The molecule has 70 valence electrons. The van der Waals surface area contributed by atoms with Crippen molar-refractivity contribution in [2.75, 3.05) is 0 Å². The second kappa shape index (κ2) is 3.32. The number of halogens is 2. The molecule has 2 rings (SSSR count). The van der Waals surface area contributed by atoms with Gasteiger partial charge in [0.25, 0.3) is 0 Å². The van der Waals surface area contributed by atoms with Gasteiger partial charge in [0.2, 0.25) is 0 Å². The van der Waals surface area contributed by atoms with Gasteiger partial charge < -0.3 is 4.74 Å². The highest BCUT2D eigenvalue weighted by atomic mass is 19.1. The first kappa shape index (κ1) is 8.48. The molecule has 1 aromatic carbocycles. The van der Waals surface area contributed by atoms with Crippen molar-refractivity contribution in [2.45, 2.75) is 25.4 Å². The van der Waals surface area contributed by atoms with Crippen LogP contribution in [0.4, 0.5) is 8.78 Å². The number of rotatable bonds is 2. The minimum absolute atomic E-state index is 0.154. The third-order valence-electron chi connectivity index (χ3n) is 2.19. The molecule has 1 nitrogen and oxygen atoms in total. The van der Waals surface area contributed by atoms with Crippen LogP contribution in [0, 0.1) is 11.6 Å². The second-order valence-electron chi connectivity index (χ2n) is 3.28. The van der Waals surface area contributed by atoms with Crippen LogP contribution in [0.2, 0.25) is 0 Å². The van der Waals surface area contributed by atoms with Crippen LogP contribution >= 0.6 is 0 Å². The van der Waals surface area contributed by atoms with Gasteiger partial charge in [-0.1, -0.05) is 0 Å². The molecule has 1 aliphatic rings. The molecule has 0 aromatic heterocycles. The molecule has 0 N–H and O–H groups in total. The summed E-state index contributed by atoms with van der Waals surface area (Å²) in [5, 5.41) is 0. The average molecular weight is 184 g/mol. The van der Waals surface area contributed by atoms with Gasteiger partial charge in [-0.15, -0.1) is 0 Å². The van der Waals surface area contributed by atoms with Crippen molar-refractivity contribution in [3.63, 3.8) is 0 Å². The Morgan fingerprint density at radius 2 is 1.69 bits per heavy atom. The maximum absolute atomic E-state index is 12.7. The van der Waals surface area contributed by atoms with E-state index >= 15 is 0 Å². The molecule has 0 atom stereocenters. The minimum atomic E-state index is -0.589. The smallest absolute Gasteiger partial charge is 0.129 e. The zero-order valence-corrected chi connectivity index (χ0v) is 7.09. The van der Waals surface area contributed by atoms with Crippen LogP contribution in [0.25, 0.3) is 0 Å². The topological polar surface area (TPSA) is 9.23 Å². The summed E-state index contributed by atoms with van der Waals surface area (Å²) in [6, 6.07) is 3.26. The van der Waals surface area contributed by atoms with Crippen LogP contribution in [0.5, 0.6) is 5.75 Å². The van der Waals surface area contributed by atoms with Gasteiger partial charge in [0.15, 0.2) is 0 Å². The first-order chi connectivity index (χ1) is 6.24. The molecule has 0 aliphatic heterocycles. The molecule has 1 aliphatic carbocycles. The first-order valence-electron chi connectivity index (χ1n) is 4.37. The Kier molecular flexibility index (Phi) is 2.17. The molecule has 1 saturated carbocycles. The summed E-state index contributed by atoms with van der Waals surface area (Å²) < 4.78 is 30.7. The standard InChI is InChI=1S/C10H10F2O/c11-7-4-8(12)6-10(5-7)13-9-2-1-3-9/h4-6,9H,1-3H2. The second-order valence-corrected chi connectivity index (χ2v) is 3.28. The lowest BCUT2D eigenvalue weighted by Crippen LogP contribution is -2.24. The third kappa shape index (κ3) is 1.97. The van der Waals surface area contributed by atoms with Crippen LogP contribution in [0.3, 0.4) is 0 Å². The van der Waals surface area contributed by atoms with Gasteiger partial charge in [0.05, 0.1) is 6.10 Å². The number of hydrogen-bond acceptors (Lipinski definition) is 1. The van der Waals surface area contributed by atoms with Gasteiger partial charge in [-0.25, -0.2) is 8.78 Å². The Morgan fingerprint density at radius 3 is 2.15 bits per heavy atom. The summed E-state index contributed by atoms with van der Waals surface area (Å²) in [7, 11) is 0. The molecule has 0 radical (unpaired) electrons. The molecule has 13 heavy (non-hydrogen) atoms. The highest BCUT2D eigenvalue weighted by molar-refractivity contribution is 5.24. The monoisotopic (exact) mass is 184 g/mol. The fourth-order valence-electron chi connectivity index (χ4n) is 1.28. The summed E-state index contributed by atoms with van der Waals surface area (Å²) >= 11 is 0. The van der Waals surface area contributed by atoms with Crippen LogP contribution < -0.4 is 4.74 Å². The Labute approximate surface area is 75.3 Å². The van der Waals surface area contributed by atoms with Gasteiger partial charge in [0, 0.05) is 18.2 Å². The van der Waals surface area contributed by atoms with Crippen molar-refractivity contribution >= 4 is 0 Å². The Morgan fingerprint density at radius 1 is 1.08 bits per heavy atom. The normalized spacial score (nSPS) is 16.8. The Hall–Kier alpha value is -1.12. The van der Waals surface area contributed by atoms with E-state index in [1.165, 1.54) is 12.1 Å². The van der Waals surface area contributed by atoms with E-state index in [1.54, 1.807) is 0 Å². The lowest BCUT2D eigenvalue weighted by Gasteiger charge is -2.26. The van der Waals surface area contributed by atoms with Crippen molar-refractivity contribution in [3.8, 4) is 5.75 Å². The Balaban J connectivity index is 2.10. The average Bonchev–Trinajstić information content (AvgIpc) is 1.95. The quantitative estimate of drug-likeness (QED) is 0.686. The van der Waals surface area contributed by atoms with Crippen molar-refractivity contribution in [3.05, 3.63) is 29.8 Å². The predicted octanol–water partition coefficient (Wildman–Crippen LogP) is 2.90. The highest BCUT2D eigenvalue weighted by Crippen LogP contribution is 2.25. The van der Waals surface area contributed by atoms with E-state index in [-0.39, 0.29) is 6.10 Å². The van der Waals surface area contributed by atoms with Crippen molar-refractivity contribution in [1.82, 2.24) is 0 Å². The summed E-state index contributed by atoms with van der Waals surface area (Å²) in [4.78, 5) is 0. The maximum Gasteiger partial charge on any atom is 0.129 e. The number of ether oxygens (including phenoxy) is 1. The SMILES string of the molecule is Fc1cc(F)cc(OC2CCC2)c1. The first-order valence-corrected chi connectivity index (χ1v) is 4.37. The molecule has 0 unspecified atom stereocenters. The van der Waals surface area contributed by atoms with Gasteiger partial charge in [-0.3, -0.25) is 0 Å². The zero-order valence-electron chi connectivity index (χ0n) is 7.09. The van der Waals surface area contributed by atoms with Crippen LogP contribution in [-0.2, 0) is 0 Å². The number of hydrogen-bond donors (Lipinski definition) is 0. The summed E-state index contributed by atoms with van der Waals surface area (Å²) in [6.45, 7) is 0. The van der Waals surface area contributed by atoms with Crippen molar-refractivity contribution in [2.24, 2.45) is 0 Å².